The Hall–Kier alpha value is -2.82. The summed E-state index contributed by atoms with van der Waals surface area (Å²) in [4.78, 5) is 24.8. The Labute approximate surface area is 154 Å². The molecule has 0 heterocycles. The first kappa shape index (κ1) is 19.5. The van der Waals surface area contributed by atoms with Gasteiger partial charge in [-0.15, -0.1) is 0 Å². The molecule has 2 aromatic rings. The molecule has 5 nitrogen and oxygen atoms in total. The number of hydrogen-bond donors (Lipinski definition) is 1. The van der Waals surface area contributed by atoms with Crippen LogP contribution in [-0.4, -0.2) is 42.6 Å². The fourth-order valence-corrected chi connectivity index (χ4v) is 2.69. The minimum Gasteiger partial charge on any atom is -0.497 e. The van der Waals surface area contributed by atoms with Gasteiger partial charge in [0.05, 0.1) is 12.7 Å². The topological polar surface area (TPSA) is 66.8 Å². The third kappa shape index (κ3) is 5.92. The Kier molecular flexibility index (Phi) is 7.21. The van der Waals surface area contributed by atoms with Crippen molar-refractivity contribution in [2.24, 2.45) is 0 Å². The summed E-state index contributed by atoms with van der Waals surface area (Å²) in [6, 6.07) is 14.6. The highest BCUT2D eigenvalue weighted by molar-refractivity contribution is 5.87. The first-order valence-corrected chi connectivity index (χ1v) is 8.68. The molecular weight excluding hydrogens is 330 g/mol. The molecule has 0 aliphatic carbocycles. The van der Waals surface area contributed by atoms with Gasteiger partial charge in [-0.05, 0) is 54.7 Å². The fourth-order valence-electron chi connectivity index (χ4n) is 2.69. The number of hydrogen-bond acceptors (Lipinski definition) is 3. The summed E-state index contributed by atoms with van der Waals surface area (Å²) in [5.74, 6) is 0.00342. The summed E-state index contributed by atoms with van der Waals surface area (Å²) in [6.07, 6.45) is 2.85. The lowest BCUT2D eigenvalue weighted by Gasteiger charge is -2.17. The minimum absolute atomic E-state index is 0.0991. The molecule has 0 saturated carbocycles. The predicted octanol–water partition coefficient (Wildman–Crippen LogP) is 3.42. The van der Waals surface area contributed by atoms with Crippen LogP contribution in [0.25, 0.3) is 0 Å². The zero-order valence-corrected chi connectivity index (χ0v) is 15.3. The second-order valence-corrected chi connectivity index (χ2v) is 6.27. The maximum atomic E-state index is 12.2. The van der Waals surface area contributed by atoms with Crippen LogP contribution in [0.2, 0.25) is 0 Å². The predicted molar refractivity (Wildman–Crippen MR) is 101 cm³/mol. The molecule has 1 amide bonds. The molecule has 5 heteroatoms. The number of carboxylic acids is 1. The van der Waals surface area contributed by atoms with Gasteiger partial charge < -0.3 is 14.7 Å². The standard InChI is InChI=1S/C21H25NO4/c1-22(15-3-4-16-7-12-19(26-2)13-8-16)20(23)14-9-17-5-10-18(11-6-17)21(24)25/h5-8,10-13H,3-4,9,14-15H2,1-2H3,(H,24,25). The number of aryl methyl sites for hydroxylation is 2. The maximum Gasteiger partial charge on any atom is 0.335 e. The van der Waals surface area contributed by atoms with Gasteiger partial charge >= 0.3 is 5.97 Å². The Morgan fingerprint density at radius 1 is 0.962 bits per heavy atom. The van der Waals surface area contributed by atoms with Crippen LogP contribution in [0.3, 0.4) is 0 Å². The summed E-state index contributed by atoms with van der Waals surface area (Å²) in [6.45, 7) is 0.711. The van der Waals surface area contributed by atoms with Crippen molar-refractivity contribution < 1.29 is 19.4 Å². The average Bonchev–Trinajstić information content (AvgIpc) is 2.66. The summed E-state index contributed by atoms with van der Waals surface area (Å²) < 4.78 is 5.14. The van der Waals surface area contributed by atoms with Gasteiger partial charge in [-0.25, -0.2) is 4.79 Å². The largest absolute Gasteiger partial charge is 0.497 e. The van der Waals surface area contributed by atoms with Crippen molar-refractivity contribution in [3.05, 3.63) is 65.2 Å². The number of nitrogens with zero attached hydrogens (tertiary/aromatic N) is 1. The molecule has 0 radical (unpaired) electrons. The van der Waals surface area contributed by atoms with Crippen LogP contribution in [0.1, 0.15) is 34.3 Å². The third-order valence-electron chi connectivity index (χ3n) is 4.37. The van der Waals surface area contributed by atoms with E-state index in [0.29, 0.717) is 19.4 Å². The third-order valence-corrected chi connectivity index (χ3v) is 4.37. The zero-order valence-electron chi connectivity index (χ0n) is 15.3. The highest BCUT2D eigenvalue weighted by Crippen LogP contribution is 2.13. The van der Waals surface area contributed by atoms with Crippen LogP contribution in [-0.2, 0) is 17.6 Å². The van der Waals surface area contributed by atoms with Crippen molar-refractivity contribution in [1.82, 2.24) is 4.90 Å². The Bertz CT molecular complexity index is 723. The number of carboxylic acid groups (broad SMARTS) is 1. The Balaban J connectivity index is 1.72. The van der Waals surface area contributed by atoms with E-state index in [2.05, 4.69) is 0 Å². The van der Waals surface area contributed by atoms with Crippen molar-refractivity contribution in [1.29, 1.82) is 0 Å². The van der Waals surface area contributed by atoms with Crippen molar-refractivity contribution in [2.75, 3.05) is 20.7 Å². The van der Waals surface area contributed by atoms with E-state index in [1.165, 1.54) is 5.56 Å². The summed E-state index contributed by atoms with van der Waals surface area (Å²) in [7, 11) is 3.47. The van der Waals surface area contributed by atoms with Gasteiger partial charge in [0.15, 0.2) is 0 Å². The van der Waals surface area contributed by atoms with Crippen molar-refractivity contribution >= 4 is 11.9 Å². The maximum absolute atomic E-state index is 12.2. The van der Waals surface area contributed by atoms with E-state index in [0.717, 1.165) is 24.2 Å². The number of amides is 1. The lowest BCUT2D eigenvalue weighted by molar-refractivity contribution is -0.129. The Morgan fingerprint density at radius 3 is 2.12 bits per heavy atom. The van der Waals surface area contributed by atoms with E-state index in [4.69, 9.17) is 9.84 Å². The van der Waals surface area contributed by atoms with E-state index in [1.54, 1.807) is 36.3 Å². The lowest BCUT2D eigenvalue weighted by atomic mass is 10.1. The summed E-state index contributed by atoms with van der Waals surface area (Å²) in [5, 5.41) is 8.89. The highest BCUT2D eigenvalue weighted by atomic mass is 16.5. The number of carbonyl (C=O) groups excluding carboxylic acids is 1. The molecule has 0 saturated heterocycles. The second-order valence-electron chi connectivity index (χ2n) is 6.27. The fraction of sp³-hybridized carbons (Fsp3) is 0.333. The van der Waals surface area contributed by atoms with Crippen molar-refractivity contribution in [2.45, 2.75) is 25.7 Å². The molecule has 0 bridgehead atoms. The van der Waals surface area contributed by atoms with Crippen molar-refractivity contribution in [3.63, 3.8) is 0 Å². The average molecular weight is 355 g/mol. The van der Waals surface area contributed by atoms with Crippen LogP contribution in [0, 0.1) is 0 Å². The summed E-state index contributed by atoms with van der Waals surface area (Å²) in [5.41, 5.74) is 2.45. The van der Waals surface area contributed by atoms with Crippen LogP contribution in [0.5, 0.6) is 5.75 Å². The molecule has 2 aromatic carbocycles. The van der Waals surface area contributed by atoms with Gasteiger partial charge in [-0.2, -0.15) is 0 Å². The molecule has 0 aliphatic rings. The normalized spacial score (nSPS) is 10.4. The quantitative estimate of drug-likeness (QED) is 0.748. The molecule has 138 valence electrons. The molecule has 0 atom stereocenters. The first-order chi connectivity index (χ1) is 12.5. The molecule has 1 N–H and O–H groups in total. The first-order valence-electron chi connectivity index (χ1n) is 8.68. The number of rotatable bonds is 9. The van der Waals surface area contributed by atoms with Crippen LogP contribution in [0.15, 0.2) is 48.5 Å². The van der Waals surface area contributed by atoms with Gasteiger partial charge in [-0.3, -0.25) is 4.79 Å². The van der Waals surface area contributed by atoms with Gasteiger partial charge in [-0.1, -0.05) is 24.3 Å². The van der Waals surface area contributed by atoms with Gasteiger partial charge in [0.1, 0.15) is 5.75 Å². The van der Waals surface area contributed by atoms with E-state index in [9.17, 15) is 9.59 Å². The van der Waals surface area contributed by atoms with E-state index >= 15 is 0 Å². The minimum atomic E-state index is -0.941. The molecule has 0 aliphatic heterocycles. The number of ether oxygens (including phenoxy) is 1. The van der Waals surface area contributed by atoms with Gasteiger partial charge in [0.25, 0.3) is 0 Å². The second kappa shape index (κ2) is 9.61. The van der Waals surface area contributed by atoms with Crippen LogP contribution >= 0.6 is 0 Å². The van der Waals surface area contributed by atoms with Crippen LogP contribution in [0.4, 0.5) is 0 Å². The van der Waals surface area contributed by atoms with Crippen LogP contribution < -0.4 is 4.74 Å². The smallest absolute Gasteiger partial charge is 0.335 e. The number of carbonyl (C=O) groups is 2. The van der Waals surface area contributed by atoms with Gasteiger partial charge in [0, 0.05) is 20.0 Å². The summed E-state index contributed by atoms with van der Waals surface area (Å²) >= 11 is 0. The molecule has 0 unspecified atom stereocenters. The molecule has 26 heavy (non-hydrogen) atoms. The molecule has 0 aromatic heterocycles. The molecular formula is C21H25NO4. The Morgan fingerprint density at radius 2 is 1.54 bits per heavy atom. The highest BCUT2D eigenvalue weighted by Gasteiger charge is 2.09. The SMILES string of the molecule is COc1ccc(CCCN(C)C(=O)CCc2ccc(C(=O)O)cc2)cc1. The lowest BCUT2D eigenvalue weighted by Crippen LogP contribution is -2.28. The monoisotopic (exact) mass is 355 g/mol. The van der Waals surface area contributed by atoms with E-state index in [-0.39, 0.29) is 11.5 Å². The number of methoxy groups -OCH3 is 1. The molecule has 0 fully saturated rings. The number of benzene rings is 2. The van der Waals surface area contributed by atoms with Gasteiger partial charge in [0.2, 0.25) is 5.91 Å². The van der Waals surface area contributed by atoms with E-state index in [1.807, 2.05) is 31.3 Å². The van der Waals surface area contributed by atoms with E-state index < -0.39 is 5.97 Å². The van der Waals surface area contributed by atoms with Crippen molar-refractivity contribution in [3.8, 4) is 5.75 Å². The molecule has 0 spiro atoms. The number of aromatic carboxylic acids is 1. The molecule has 2 rings (SSSR count). The zero-order chi connectivity index (χ0) is 18.9.